The van der Waals surface area contributed by atoms with Gasteiger partial charge in [-0.1, -0.05) is 0 Å². The minimum Gasteiger partial charge on any atom is -0.446 e. The zero-order valence-corrected chi connectivity index (χ0v) is 19.1. The molecule has 3 rings (SSSR count). The number of amides is 1. The lowest BCUT2D eigenvalue weighted by Gasteiger charge is -2.22. The summed E-state index contributed by atoms with van der Waals surface area (Å²) in [4.78, 5) is 23.8. The van der Waals surface area contributed by atoms with Crippen LogP contribution in [0.4, 0.5) is 23.2 Å². The molecule has 1 amide bonds. The minimum atomic E-state index is -5.03. The Kier molecular flexibility index (Phi) is 7.11. The van der Waals surface area contributed by atoms with Crippen molar-refractivity contribution in [3.63, 3.8) is 0 Å². The zero-order valence-electron chi connectivity index (χ0n) is 18.3. The van der Waals surface area contributed by atoms with E-state index in [9.17, 15) is 35.6 Å². The van der Waals surface area contributed by atoms with Crippen LogP contribution in [0.3, 0.4) is 0 Å². The number of halogens is 4. The zero-order chi connectivity index (χ0) is 26.2. The summed E-state index contributed by atoms with van der Waals surface area (Å²) in [5, 5.41) is 0. The molecule has 1 heterocycles. The van der Waals surface area contributed by atoms with E-state index in [4.69, 9.17) is 19.9 Å². The first-order valence-electron chi connectivity index (χ1n) is 9.91. The second-order valence-corrected chi connectivity index (χ2v) is 9.60. The van der Waals surface area contributed by atoms with Crippen molar-refractivity contribution in [2.75, 3.05) is 11.3 Å². The van der Waals surface area contributed by atoms with E-state index in [1.807, 2.05) is 4.72 Å². The van der Waals surface area contributed by atoms with Crippen LogP contribution in [0.2, 0.25) is 0 Å². The summed E-state index contributed by atoms with van der Waals surface area (Å²) in [5.74, 6) is -4.56. The molecule has 2 atom stereocenters. The molecule has 1 aliphatic rings. The van der Waals surface area contributed by atoms with Gasteiger partial charge in [0.2, 0.25) is 6.10 Å². The monoisotopic (exact) mass is 520 g/mol. The van der Waals surface area contributed by atoms with Gasteiger partial charge in [0.25, 0.3) is 15.9 Å². The number of alkyl halides is 3. The molecule has 0 bridgehead atoms. The normalized spacial score (nSPS) is 18.6. The molecule has 2 aromatic carbocycles. The maximum absolute atomic E-state index is 13.4. The number of carbonyl (C=O) groups excluding carboxylic acids is 2. The summed E-state index contributed by atoms with van der Waals surface area (Å²) in [6.45, 7) is 3.13. The van der Waals surface area contributed by atoms with E-state index in [1.54, 1.807) is 13.8 Å². The van der Waals surface area contributed by atoms with Gasteiger partial charge in [0.05, 0.1) is 22.6 Å². The van der Waals surface area contributed by atoms with Gasteiger partial charge in [0.15, 0.2) is 5.79 Å². The molecule has 0 radical (unpaired) electrons. The Labute approximate surface area is 197 Å². The average molecular weight is 520 g/mol. The number of primary amides is 1. The standard InChI is InChI=1S/C21H20F4N2O7S/c1-20(2)32-10-16(34-20)17(18(26)28)33-19(29)11-3-6-13(7-4-11)35(30,31)27-12-5-8-15(22)14(9-12)21(23,24)25/h3-9,16-17,27H,10H2,1-2H3,(H2,26,28). The van der Waals surface area contributed by atoms with Gasteiger partial charge in [-0.05, 0) is 56.3 Å². The van der Waals surface area contributed by atoms with E-state index in [0.29, 0.717) is 12.1 Å². The number of rotatable bonds is 7. The second-order valence-electron chi connectivity index (χ2n) is 7.92. The van der Waals surface area contributed by atoms with Crippen molar-refractivity contribution >= 4 is 27.6 Å². The fourth-order valence-corrected chi connectivity index (χ4v) is 4.20. The molecule has 1 aliphatic heterocycles. The van der Waals surface area contributed by atoms with Gasteiger partial charge in [0.1, 0.15) is 11.9 Å². The van der Waals surface area contributed by atoms with E-state index in [0.717, 1.165) is 30.3 Å². The van der Waals surface area contributed by atoms with Gasteiger partial charge < -0.3 is 19.9 Å². The Hall–Kier alpha value is -3.23. The lowest BCUT2D eigenvalue weighted by molar-refractivity contribution is -0.158. The van der Waals surface area contributed by atoms with E-state index < -0.39 is 68.0 Å². The van der Waals surface area contributed by atoms with Crippen molar-refractivity contribution in [1.29, 1.82) is 0 Å². The summed E-state index contributed by atoms with van der Waals surface area (Å²) in [7, 11) is -4.40. The predicted molar refractivity (Wildman–Crippen MR) is 112 cm³/mol. The van der Waals surface area contributed by atoms with Crippen molar-refractivity contribution in [3.8, 4) is 0 Å². The van der Waals surface area contributed by atoms with E-state index in [2.05, 4.69) is 0 Å². The highest BCUT2D eigenvalue weighted by atomic mass is 32.2. The fraction of sp³-hybridized carbons (Fsp3) is 0.333. The van der Waals surface area contributed by atoms with Gasteiger partial charge in [-0.25, -0.2) is 17.6 Å². The molecule has 14 heteroatoms. The van der Waals surface area contributed by atoms with Crippen molar-refractivity contribution in [2.24, 2.45) is 5.73 Å². The number of hydrogen-bond donors (Lipinski definition) is 2. The molecule has 35 heavy (non-hydrogen) atoms. The number of esters is 1. The molecule has 2 aromatic rings. The maximum Gasteiger partial charge on any atom is 0.419 e. The number of carbonyl (C=O) groups is 2. The smallest absolute Gasteiger partial charge is 0.419 e. The molecule has 190 valence electrons. The van der Waals surface area contributed by atoms with Crippen molar-refractivity contribution in [3.05, 3.63) is 59.4 Å². The van der Waals surface area contributed by atoms with Crippen LogP contribution in [0, 0.1) is 5.82 Å². The van der Waals surface area contributed by atoms with Crippen LogP contribution in [-0.2, 0) is 35.2 Å². The Morgan fingerprint density at radius 1 is 1.17 bits per heavy atom. The van der Waals surface area contributed by atoms with Gasteiger partial charge in [-0.15, -0.1) is 0 Å². The van der Waals surface area contributed by atoms with Crippen molar-refractivity contribution in [2.45, 2.75) is 42.9 Å². The van der Waals surface area contributed by atoms with E-state index in [-0.39, 0.29) is 12.2 Å². The molecule has 1 saturated heterocycles. The lowest BCUT2D eigenvalue weighted by atomic mass is 10.2. The number of benzene rings is 2. The molecule has 3 N–H and O–H groups in total. The molecule has 0 aliphatic carbocycles. The Bertz CT molecular complexity index is 1230. The molecule has 9 nitrogen and oxygen atoms in total. The van der Waals surface area contributed by atoms with Gasteiger partial charge in [-0.2, -0.15) is 13.2 Å². The molecular weight excluding hydrogens is 500 g/mol. The topological polar surface area (TPSA) is 134 Å². The summed E-state index contributed by atoms with van der Waals surface area (Å²) in [6, 6.07) is 5.74. The largest absolute Gasteiger partial charge is 0.446 e. The highest BCUT2D eigenvalue weighted by Crippen LogP contribution is 2.33. The van der Waals surface area contributed by atoms with Crippen LogP contribution < -0.4 is 10.5 Å². The average Bonchev–Trinajstić information content (AvgIpc) is 3.11. The third kappa shape index (κ3) is 6.26. The van der Waals surface area contributed by atoms with E-state index in [1.165, 1.54) is 0 Å². The molecule has 2 unspecified atom stereocenters. The maximum atomic E-state index is 13.4. The fourth-order valence-electron chi connectivity index (χ4n) is 3.16. The third-order valence-corrected chi connectivity index (χ3v) is 6.20. The number of anilines is 1. The summed E-state index contributed by atoms with van der Waals surface area (Å²) in [5.41, 5.74) is 3.00. The number of ether oxygens (including phenoxy) is 3. The number of hydrogen-bond acceptors (Lipinski definition) is 7. The minimum absolute atomic E-state index is 0.0593. The first-order chi connectivity index (χ1) is 16.1. The lowest BCUT2D eigenvalue weighted by Crippen LogP contribution is -2.44. The first-order valence-corrected chi connectivity index (χ1v) is 11.4. The predicted octanol–water partition coefficient (Wildman–Crippen LogP) is 2.81. The molecule has 0 saturated carbocycles. The SMILES string of the molecule is CC1(C)OCC(C(OC(=O)c2ccc(S(=O)(=O)Nc3ccc(F)c(C(F)(F)F)c3)cc2)C(N)=O)O1. The van der Waals surface area contributed by atoms with Crippen molar-refractivity contribution < 1.29 is 49.8 Å². The summed E-state index contributed by atoms with van der Waals surface area (Å²) < 4.78 is 95.0. The van der Waals surface area contributed by atoms with E-state index >= 15 is 0 Å². The number of nitrogens with two attached hydrogens (primary N) is 1. The Balaban J connectivity index is 1.74. The Morgan fingerprint density at radius 3 is 2.31 bits per heavy atom. The molecule has 0 spiro atoms. The van der Waals surface area contributed by atoms with Gasteiger partial charge in [-0.3, -0.25) is 9.52 Å². The van der Waals surface area contributed by atoms with Crippen LogP contribution >= 0.6 is 0 Å². The van der Waals surface area contributed by atoms with Crippen LogP contribution in [0.1, 0.15) is 29.8 Å². The van der Waals surface area contributed by atoms with Crippen LogP contribution in [0.25, 0.3) is 0 Å². The van der Waals surface area contributed by atoms with Crippen molar-refractivity contribution in [1.82, 2.24) is 0 Å². The quantitative estimate of drug-likeness (QED) is 0.424. The number of sulfonamides is 1. The highest BCUT2D eigenvalue weighted by molar-refractivity contribution is 7.92. The molecule has 0 aromatic heterocycles. The first kappa shape index (κ1) is 26.4. The third-order valence-electron chi connectivity index (χ3n) is 4.81. The Morgan fingerprint density at radius 2 is 1.80 bits per heavy atom. The van der Waals surface area contributed by atoms with Gasteiger partial charge >= 0.3 is 12.1 Å². The van der Waals surface area contributed by atoms with Crippen LogP contribution in [0.15, 0.2) is 47.4 Å². The second kappa shape index (κ2) is 9.43. The number of nitrogens with one attached hydrogen (secondary N) is 1. The van der Waals surface area contributed by atoms with Crippen LogP contribution in [-0.4, -0.2) is 44.9 Å². The highest BCUT2D eigenvalue weighted by Gasteiger charge is 2.42. The summed E-state index contributed by atoms with van der Waals surface area (Å²) >= 11 is 0. The van der Waals surface area contributed by atoms with Crippen LogP contribution in [0.5, 0.6) is 0 Å². The molecular formula is C21H20F4N2O7S. The van der Waals surface area contributed by atoms with Gasteiger partial charge in [0, 0.05) is 5.69 Å². The molecule has 1 fully saturated rings. The summed E-state index contributed by atoms with van der Waals surface area (Å²) in [6.07, 6.45) is -7.45.